The third kappa shape index (κ3) is 2.47. The number of hydrogen-bond donors (Lipinski definition) is 1. The number of nitrogens with zero attached hydrogens (tertiary/aromatic N) is 2. The van der Waals surface area contributed by atoms with E-state index in [4.69, 9.17) is 4.74 Å². The van der Waals surface area contributed by atoms with Gasteiger partial charge in [0.05, 0.1) is 6.04 Å². The summed E-state index contributed by atoms with van der Waals surface area (Å²) in [5, 5.41) is 3.32. The van der Waals surface area contributed by atoms with Crippen LogP contribution < -0.4 is 5.32 Å². The Morgan fingerprint density at radius 3 is 3.12 bits per heavy atom. The topological polar surface area (TPSA) is 44.8 Å². The standard InChI is InChI=1S/C11H21N3O2/c1-13(2)6-3-7-14-9-8-12-5-4-10(9)16-11(14)15/h9-10,12H,3-8H2,1-2H3. The van der Waals surface area contributed by atoms with E-state index in [1.54, 1.807) is 0 Å². The maximum absolute atomic E-state index is 11.7. The molecule has 0 aromatic heterocycles. The second kappa shape index (κ2) is 5.01. The first-order chi connectivity index (χ1) is 7.68. The fourth-order valence-corrected chi connectivity index (χ4v) is 2.41. The van der Waals surface area contributed by atoms with E-state index in [-0.39, 0.29) is 18.2 Å². The van der Waals surface area contributed by atoms with Gasteiger partial charge in [-0.25, -0.2) is 4.79 Å². The fraction of sp³-hybridized carbons (Fsp3) is 0.909. The molecule has 0 spiro atoms. The van der Waals surface area contributed by atoms with Gasteiger partial charge in [0.25, 0.3) is 0 Å². The third-order valence-electron chi connectivity index (χ3n) is 3.28. The van der Waals surface area contributed by atoms with Crippen LogP contribution in [0, 0.1) is 0 Å². The Balaban J connectivity index is 1.85. The molecule has 2 heterocycles. The molecule has 2 fully saturated rings. The molecule has 0 bridgehead atoms. The highest BCUT2D eigenvalue weighted by Gasteiger charge is 2.42. The summed E-state index contributed by atoms with van der Waals surface area (Å²) in [6.45, 7) is 3.65. The van der Waals surface area contributed by atoms with Crippen molar-refractivity contribution in [1.29, 1.82) is 0 Å². The number of rotatable bonds is 4. The summed E-state index contributed by atoms with van der Waals surface area (Å²) in [5.41, 5.74) is 0. The first-order valence-electron chi connectivity index (χ1n) is 6.01. The second-order valence-electron chi connectivity index (χ2n) is 4.83. The van der Waals surface area contributed by atoms with Crippen molar-refractivity contribution >= 4 is 6.09 Å². The SMILES string of the molecule is CN(C)CCCN1C(=O)OC2CCNCC21. The summed E-state index contributed by atoms with van der Waals surface area (Å²) in [6.07, 6.45) is 1.94. The van der Waals surface area contributed by atoms with Crippen LogP contribution in [-0.2, 0) is 4.74 Å². The van der Waals surface area contributed by atoms with E-state index in [0.29, 0.717) is 0 Å². The summed E-state index contributed by atoms with van der Waals surface area (Å²) >= 11 is 0. The minimum Gasteiger partial charge on any atom is -0.444 e. The van der Waals surface area contributed by atoms with Crippen molar-refractivity contribution in [3.05, 3.63) is 0 Å². The Kier molecular flexibility index (Phi) is 3.66. The highest BCUT2D eigenvalue weighted by molar-refractivity contribution is 5.70. The largest absolute Gasteiger partial charge is 0.444 e. The van der Waals surface area contributed by atoms with Crippen LogP contribution in [0.15, 0.2) is 0 Å². The third-order valence-corrected chi connectivity index (χ3v) is 3.28. The van der Waals surface area contributed by atoms with Crippen LogP contribution in [0.4, 0.5) is 4.79 Å². The Morgan fingerprint density at radius 1 is 1.56 bits per heavy atom. The van der Waals surface area contributed by atoms with Crippen LogP contribution in [0.1, 0.15) is 12.8 Å². The normalized spacial score (nSPS) is 29.4. The fourth-order valence-electron chi connectivity index (χ4n) is 2.41. The molecule has 1 amide bonds. The van der Waals surface area contributed by atoms with Gasteiger partial charge in [-0.2, -0.15) is 0 Å². The van der Waals surface area contributed by atoms with Gasteiger partial charge in [-0.3, -0.25) is 0 Å². The van der Waals surface area contributed by atoms with Gasteiger partial charge in [0.2, 0.25) is 0 Å². The summed E-state index contributed by atoms with van der Waals surface area (Å²) in [7, 11) is 4.10. The molecule has 0 aromatic rings. The lowest BCUT2D eigenvalue weighted by molar-refractivity contribution is 0.117. The molecule has 2 unspecified atom stereocenters. The van der Waals surface area contributed by atoms with Crippen molar-refractivity contribution in [2.24, 2.45) is 0 Å². The van der Waals surface area contributed by atoms with E-state index in [1.165, 1.54) is 0 Å². The zero-order chi connectivity index (χ0) is 11.5. The first-order valence-corrected chi connectivity index (χ1v) is 6.01. The molecule has 2 rings (SSSR count). The molecule has 0 aliphatic carbocycles. The van der Waals surface area contributed by atoms with Crippen molar-refractivity contribution in [3.63, 3.8) is 0 Å². The molecule has 5 heteroatoms. The Bertz CT molecular complexity index is 258. The molecule has 2 atom stereocenters. The van der Waals surface area contributed by atoms with Gasteiger partial charge in [-0.05, 0) is 40.0 Å². The van der Waals surface area contributed by atoms with Gasteiger partial charge in [-0.15, -0.1) is 0 Å². The number of amides is 1. The van der Waals surface area contributed by atoms with Crippen molar-refractivity contribution in [3.8, 4) is 0 Å². The van der Waals surface area contributed by atoms with Crippen molar-refractivity contribution in [2.45, 2.75) is 25.0 Å². The van der Waals surface area contributed by atoms with Crippen LogP contribution in [0.5, 0.6) is 0 Å². The highest BCUT2D eigenvalue weighted by atomic mass is 16.6. The smallest absolute Gasteiger partial charge is 0.410 e. The Labute approximate surface area is 96.7 Å². The predicted molar refractivity (Wildman–Crippen MR) is 61.4 cm³/mol. The maximum Gasteiger partial charge on any atom is 0.410 e. The quantitative estimate of drug-likeness (QED) is 0.741. The molecule has 1 N–H and O–H groups in total. The summed E-state index contributed by atoms with van der Waals surface area (Å²) in [4.78, 5) is 15.7. The van der Waals surface area contributed by atoms with Gasteiger partial charge in [0.1, 0.15) is 6.10 Å². The van der Waals surface area contributed by atoms with E-state index in [1.807, 2.05) is 19.0 Å². The molecular formula is C11H21N3O2. The minimum atomic E-state index is -0.127. The minimum absolute atomic E-state index is 0.119. The lowest BCUT2D eigenvalue weighted by Gasteiger charge is -2.28. The number of carbonyl (C=O) groups is 1. The molecule has 0 radical (unpaired) electrons. The number of piperidine rings is 1. The Hall–Kier alpha value is -0.810. The number of nitrogens with one attached hydrogen (secondary N) is 1. The summed E-state index contributed by atoms with van der Waals surface area (Å²) in [5.74, 6) is 0. The van der Waals surface area contributed by atoms with Crippen molar-refractivity contribution in [2.75, 3.05) is 40.3 Å². The van der Waals surface area contributed by atoms with Crippen LogP contribution in [0.3, 0.4) is 0 Å². The molecule has 2 aliphatic rings. The Morgan fingerprint density at radius 2 is 2.38 bits per heavy atom. The molecule has 0 saturated carbocycles. The van der Waals surface area contributed by atoms with E-state index in [0.717, 1.165) is 39.0 Å². The molecular weight excluding hydrogens is 206 g/mol. The molecule has 0 aromatic carbocycles. The number of fused-ring (bicyclic) bond motifs is 1. The number of hydrogen-bond acceptors (Lipinski definition) is 4. The molecule has 2 saturated heterocycles. The van der Waals surface area contributed by atoms with E-state index in [2.05, 4.69) is 10.2 Å². The van der Waals surface area contributed by atoms with Crippen LogP contribution >= 0.6 is 0 Å². The molecule has 5 nitrogen and oxygen atoms in total. The average Bonchev–Trinajstić information content (AvgIpc) is 2.55. The average molecular weight is 227 g/mol. The van der Waals surface area contributed by atoms with E-state index >= 15 is 0 Å². The van der Waals surface area contributed by atoms with Crippen molar-refractivity contribution in [1.82, 2.24) is 15.1 Å². The number of ether oxygens (including phenoxy) is 1. The van der Waals surface area contributed by atoms with Gasteiger partial charge < -0.3 is 19.9 Å². The highest BCUT2D eigenvalue weighted by Crippen LogP contribution is 2.23. The van der Waals surface area contributed by atoms with Crippen LogP contribution in [0.25, 0.3) is 0 Å². The second-order valence-corrected chi connectivity index (χ2v) is 4.83. The summed E-state index contributed by atoms with van der Waals surface area (Å²) < 4.78 is 5.37. The summed E-state index contributed by atoms with van der Waals surface area (Å²) in [6, 6.07) is 0.253. The first kappa shape index (κ1) is 11.7. The van der Waals surface area contributed by atoms with Gasteiger partial charge in [0, 0.05) is 13.1 Å². The predicted octanol–water partition coefficient (Wildman–Crippen LogP) is 0.121. The van der Waals surface area contributed by atoms with Gasteiger partial charge in [-0.1, -0.05) is 0 Å². The van der Waals surface area contributed by atoms with Crippen molar-refractivity contribution < 1.29 is 9.53 Å². The maximum atomic E-state index is 11.7. The zero-order valence-electron chi connectivity index (χ0n) is 10.1. The van der Waals surface area contributed by atoms with E-state index in [9.17, 15) is 4.79 Å². The van der Waals surface area contributed by atoms with E-state index < -0.39 is 0 Å². The molecule has 92 valence electrons. The van der Waals surface area contributed by atoms with Crippen LogP contribution in [-0.4, -0.2) is 68.3 Å². The lowest BCUT2D eigenvalue weighted by Crippen LogP contribution is -2.49. The molecule has 16 heavy (non-hydrogen) atoms. The van der Waals surface area contributed by atoms with Gasteiger partial charge >= 0.3 is 6.09 Å². The zero-order valence-corrected chi connectivity index (χ0v) is 10.1. The monoisotopic (exact) mass is 227 g/mol. The van der Waals surface area contributed by atoms with Crippen LogP contribution in [0.2, 0.25) is 0 Å². The number of carbonyl (C=O) groups excluding carboxylic acids is 1. The molecule has 2 aliphatic heterocycles. The van der Waals surface area contributed by atoms with Gasteiger partial charge in [0.15, 0.2) is 0 Å². The lowest BCUT2D eigenvalue weighted by atomic mass is 10.0.